The van der Waals surface area contributed by atoms with Gasteiger partial charge in [-0.05, 0) is 79.6 Å². The first-order valence-electron chi connectivity index (χ1n) is 14.9. The monoisotopic (exact) mass is 636 g/mol. The molecule has 8 nitrogen and oxygen atoms in total. The number of nitrogens with zero attached hydrogens (tertiary/aromatic N) is 5. The molecule has 0 saturated carbocycles. The summed E-state index contributed by atoms with van der Waals surface area (Å²) in [5.74, 6) is 1.13. The highest BCUT2D eigenvalue weighted by Gasteiger charge is 2.31. The Labute approximate surface area is 264 Å². The molecular formula is C33H35F3N6O2S. The van der Waals surface area contributed by atoms with Crippen LogP contribution in [0.2, 0.25) is 0 Å². The average molecular weight is 637 g/mol. The Hall–Kier alpha value is -4.32. The van der Waals surface area contributed by atoms with E-state index in [9.17, 15) is 18.0 Å². The number of halogens is 3. The molecule has 5 rings (SSSR count). The summed E-state index contributed by atoms with van der Waals surface area (Å²) in [7, 11) is 0. The lowest BCUT2D eigenvalue weighted by molar-refractivity contribution is -0.274. The number of aromatic nitrogens is 3. The summed E-state index contributed by atoms with van der Waals surface area (Å²) >= 11 is 1.63. The van der Waals surface area contributed by atoms with Crippen LogP contribution in [0.1, 0.15) is 42.9 Å². The summed E-state index contributed by atoms with van der Waals surface area (Å²) in [5.41, 5.74) is 6.09. The highest BCUT2D eigenvalue weighted by atomic mass is 32.2. The van der Waals surface area contributed by atoms with Crippen LogP contribution in [0, 0.1) is 6.92 Å². The number of alkyl halides is 3. The van der Waals surface area contributed by atoms with Crippen molar-refractivity contribution in [2.45, 2.75) is 52.3 Å². The molecule has 0 bridgehead atoms. The fraction of sp³-hybridized carbons (Fsp3) is 0.333. The summed E-state index contributed by atoms with van der Waals surface area (Å²) < 4.78 is 42.6. The number of amidine groups is 1. The smallest absolute Gasteiger partial charge is 0.406 e. The molecule has 2 heterocycles. The number of rotatable bonds is 10. The molecule has 1 N–H and O–H groups in total. The lowest BCUT2D eigenvalue weighted by atomic mass is 10.0. The number of hydrogen-bond acceptors (Lipinski definition) is 5. The van der Waals surface area contributed by atoms with Gasteiger partial charge in [0, 0.05) is 30.1 Å². The minimum atomic E-state index is -4.74. The molecule has 236 valence electrons. The van der Waals surface area contributed by atoms with Crippen molar-refractivity contribution in [2.24, 2.45) is 4.99 Å². The van der Waals surface area contributed by atoms with Crippen molar-refractivity contribution in [3.8, 4) is 22.8 Å². The predicted molar refractivity (Wildman–Crippen MR) is 172 cm³/mol. The molecule has 3 aromatic carbocycles. The minimum absolute atomic E-state index is 0.302. The van der Waals surface area contributed by atoms with Crippen LogP contribution < -0.4 is 15.0 Å². The van der Waals surface area contributed by atoms with Crippen LogP contribution >= 0.6 is 11.8 Å². The van der Waals surface area contributed by atoms with Crippen LogP contribution in [-0.4, -0.2) is 51.2 Å². The van der Waals surface area contributed by atoms with E-state index in [2.05, 4.69) is 62.1 Å². The fourth-order valence-corrected chi connectivity index (χ4v) is 5.99. The fourth-order valence-electron chi connectivity index (χ4n) is 5.04. The number of thioether (sulfide) groups is 1. The zero-order chi connectivity index (χ0) is 31.8. The summed E-state index contributed by atoms with van der Waals surface area (Å²) in [5, 5.41) is 8.14. The molecular weight excluding hydrogens is 601 g/mol. The van der Waals surface area contributed by atoms with Gasteiger partial charge in [-0.3, -0.25) is 0 Å². The van der Waals surface area contributed by atoms with Crippen LogP contribution in [0.15, 0.2) is 78.0 Å². The molecule has 1 aromatic heterocycles. The first kappa shape index (κ1) is 32.1. The van der Waals surface area contributed by atoms with Gasteiger partial charge in [0.1, 0.15) is 12.1 Å². The van der Waals surface area contributed by atoms with Gasteiger partial charge in [-0.25, -0.2) is 14.5 Å². The lowest BCUT2D eigenvalue weighted by Crippen LogP contribution is -2.36. The van der Waals surface area contributed by atoms with Crippen molar-refractivity contribution in [3.05, 3.63) is 89.7 Å². The van der Waals surface area contributed by atoms with Crippen LogP contribution in [0.5, 0.6) is 5.75 Å². The lowest BCUT2D eigenvalue weighted by Gasteiger charge is -2.31. The van der Waals surface area contributed by atoms with Gasteiger partial charge in [0.2, 0.25) is 0 Å². The number of urea groups is 1. The molecule has 4 aromatic rings. The molecule has 0 radical (unpaired) electrons. The zero-order valence-corrected chi connectivity index (χ0v) is 26.0. The molecule has 45 heavy (non-hydrogen) atoms. The van der Waals surface area contributed by atoms with Gasteiger partial charge in [-0.1, -0.05) is 61.5 Å². The van der Waals surface area contributed by atoms with E-state index < -0.39 is 6.36 Å². The number of aliphatic imine (C=N–C) groups is 1. The van der Waals surface area contributed by atoms with Crippen LogP contribution in [0.3, 0.4) is 0 Å². The van der Waals surface area contributed by atoms with Gasteiger partial charge in [-0.2, -0.15) is 4.99 Å². The SMILES string of the molecule is CCCc1ccc(C)cc1N1CCCS/C1=N\C(=O)NCCCc1ccc(-c2ncn(-c3ccc(OC(F)(F)F)cc3)n2)cc1. The highest BCUT2D eigenvalue weighted by Crippen LogP contribution is 2.30. The van der Waals surface area contributed by atoms with E-state index in [1.807, 2.05) is 24.3 Å². The first-order chi connectivity index (χ1) is 21.7. The number of carbonyl (C=O) groups excluding carboxylic acids is 1. The third-order valence-electron chi connectivity index (χ3n) is 7.19. The number of nitrogens with one attached hydrogen (secondary N) is 1. The Balaban J connectivity index is 1.12. The summed E-state index contributed by atoms with van der Waals surface area (Å²) in [6.07, 6.45) is 1.37. The number of amides is 2. The zero-order valence-electron chi connectivity index (χ0n) is 25.2. The summed E-state index contributed by atoms with van der Waals surface area (Å²) in [6.45, 7) is 5.61. The second kappa shape index (κ2) is 14.6. The predicted octanol–water partition coefficient (Wildman–Crippen LogP) is 7.74. The van der Waals surface area contributed by atoms with E-state index in [1.54, 1.807) is 11.8 Å². The minimum Gasteiger partial charge on any atom is -0.406 e. The standard InChI is InChI=1S/C33H35F3N6O2S/c1-3-6-25-11-8-23(2)21-29(25)41-19-5-20-45-32(41)39-31(43)37-18-4-7-24-9-12-26(13-10-24)30-38-22-42(40-30)27-14-16-28(17-15-27)44-33(34,35)36/h8-17,21-22H,3-7,18-20H2,1-2H3,(H,37,43)/b39-32-. The van der Waals surface area contributed by atoms with Gasteiger partial charge in [0.05, 0.1) is 5.69 Å². The number of ether oxygens (including phenoxy) is 1. The van der Waals surface area contributed by atoms with Crippen LogP contribution in [0.25, 0.3) is 17.1 Å². The Morgan fingerprint density at radius 2 is 1.84 bits per heavy atom. The number of anilines is 1. The van der Waals surface area contributed by atoms with E-state index in [0.717, 1.165) is 66.4 Å². The van der Waals surface area contributed by atoms with Crippen molar-refractivity contribution in [3.63, 3.8) is 0 Å². The van der Waals surface area contributed by atoms with Gasteiger partial charge >= 0.3 is 12.4 Å². The molecule has 1 aliphatic rings. The summed E-state index contributed by atoms with van der Waals surface area (Å²) in [4.78, 5) is 23.7. The molecule has 0 unspecified atom stereocenters. The van der Waals surface area contributed by atoms with Crippen molar-refractivity contribution in [1.82, 2.24) is 20.1 Å². The third kappa shape index (κ3) is 8.87. The molecule has 0 spiro atoms. The Kier molecular flexibility index (Phi) is 10.4. The van der Waals surface area contributed by atoms with Crippen LogP contribution in [-0.2, 0) is 12.8 Å². The van der Waals surface area contributed by atoms with Crippen molar-refractivity contribution >= 4 is 28.6 Å². The molecule has 12 heteroatoms. The quantitative estimate of drug-likeness (QED) is 0.179. The topological polar surface area (TPSA) is 84.6 Å². The van der Waals surface area contributed by atoms with E-state index in [4.69, 9.17) is 0 Å². The second-order valence-corrected chi connectivity index (χ2v) is 11.8. The molecule has 2 amide bonds. The van der Waals surface area contributed by atoms with Crippen molar-refractivity contribution < 1.29 is 22.7 Å². The molecule has 0 atom stereocenters. The van der Waals surface area contributed by atoms with E-state index in [-0.39, 0.29) is 11.8 Å². The van der Waals surface area contributed by atoms with Crippen molar-refractivity contribution in [2.75, 3.05) is 23.7 Å². The number of benzene rings is 3. The van der Waals surface area contributed by atoms with Gasteiger partial charge < -0.3 is 15.0 Å². The molecule has 1 fully saturated rings. The maximum atomic E-state index is 12.7. The number of hydrogen-bond donors (Lipinski definition) is 1. The van der Waals surface area contributed by atoms with Gasteiger partial charge in [0.15, 0.2) is 11.0 Å². The average Bonchev–Trinajstić information content (AvgIpc) is 3.51. The van der Waals surface area contributed by atoms with Crippen molar-refractivity contribution in [1.29, 1.82) is 0 Å². The third-order valence-corrected chi connectivity index (χ3v) is 8.26. The Morgan fingerprint density at radius 3 is 2.58 bits per heavy atom. The Bertz CT molecular complexity index is 1620. The number of carbonyl (C=O) groups is 1. The number of aryl methyl sites for hydroxylation is 3. The highest BCUT2D eigenvalue weighted by molar-refractivity contribution is 8.14. The largest absolute Gasteiger partial charge is 0.573 e. The maximum Gasteiger partial charge on any atom is 0.573 e. The van der Waals surface area contributed by atoms with Gasteiger partial charge in [0.25, 0.3) is 0 Å². The van der Waals surface area contributed by atoms with Gasteiger partial charge in [-0.15, -0.1) is 18.3 Å². The van der Waals surface area contributed by atoms with E-state index in [0.29, 0.717) is 18.1 Å². The first-order valence-corrected chi connectivity index (χ1v) is 15.9. The molecule has 0 aliphatic carbocycles. The van der Waals surface area contributed by atoms with Crippen LogP contribution in [0.4, 0.5) is 23.7 Å². The molecule has 1 aliphatic heterocycles. The van der Waals surface area contributed by atoms with E-state index in [1.165, 1.54) is 46.4 Å². The normalized spacial score (nSPS) is 14.5. The second-order valence-electron chi connectivity index (χ2n) is 10.7. The van der Waals surface area contributed by atoms with E-state index >= 15 is 0 Å². The molecule has 1 saturated heterocycles. The maximum absolute atomic E-state index is 12.7. The summed E-state index contributed by atoms with van der Waals surface area (Å²) in [6, 6.07) is 19.4. The Morgan fingerprint density at radius 1 is 1.07 bits per heavy atom.